The van der Waals surface area contributed by atoms with Gasteiger partial charge in [-0.2, -0.15) is 0 Å². The van der Waals surface area contributed by atoms with Crippen LogP contribution in [0.3, 0.4) is 0 Å². The van der Waals surface area contributed by atoms with Gasteiger partial charge in [0.15, 0.2) is 0 Å². The number of aliphatic hydroxyl groups excluding tert-OH is 2. The summed E-state index contributed by atoms with van der Waals surface area (Å²) < 4.78 is 6.67. The zero-order chi connectivity index (χ0) is 43.9. The summed E-state index contributed by atoms with van der Waals surface area (Å²) in [5.74, 6) is 8.49. The first kappa shape index (κ1) is 44.3. The van der Waals surface area contributed by atoms with Crippen LogP contribution in [-0.2, 0) is 14.3 Å². The lowest BCUT2D eigenvalue weighted by Gasteiger charge is -2.63. The Balaban J connectivity index is 0.840. The van der Waals surface area contributed by atoms with Crippen molar-refractivity contribution in [3.05, 3.63) is 52.6 Å². The topological polar surface area (TPSA) is 128 Å². The first-order valence-electron chi connectivity index (χ1n) is 24.6. The molecule has 0 bridgehead atoms. The van der Waals surface area contributed by atoms with E-state index >= 15 is 0 Å². The molecule has 0 saturated heterocycles. The van der Waals surface area contributed by atoms with Crippen LogP contribution in [0.4, 0.5) is 5.69 Å². The Labute approximate surface area is 371 Å². The Bertz CT molecular complexity index is 2030. The van der Waals surface area contributed by atoms with Crippen molar-refractivity contribution in [1.82, 2.24) is 0 Å². The summed E-state index contributed by atoms with van der Waals surface area (Å²) in [7, 11) is 2.14. The molecule has 0 spiro atoms. The maximum Gasteiger partial charge on any atom is 0.303 e. The lowest BCUT2D eigenvalue weighted by molar-refractivity contribution is -0.209. The first-order chi connectivity index (χ1) is 29.5. The highest BCUT2D eigenvalue weighted by Gasteiger charge is 2.66. The number of aliphatic carboxylic acids is 1. The van der Waals surface area contributed by atoms with E-state index in [1.54, 1.807) is 0 Å². The molecule has 7 saturated carbocycles. The van der Waals surface area contributed by atoms with Crippen molar-refractivity contribution in [2.24, 2.45) is 63.6 Å². The molecule has 62 heavy (non-hydrogen) atoms. The largest absolute Gasteiger partial charge is 0.481 e. The molecule has 16 atom stereocenters. The monoisotopic (exact) mass is 850 g/mol. The second-order valence-electron chi connectivity index (χ2n) is 22.6. The van der Waals surface area contributed by atoms with Gasteiger partial charge < -0.3 is 30.1 Å². The highest BCUT2D eigenvalue weighted by Crippen LogP contribution is 2.69. The predicted molar refractivity (Wildman–Crippen MR) is 242 cm³/mol. The molecule has 0 heterocycles. The van der Waals surface area contributed by atoms with Gasteiger partial charge in [0, 0.05) is 49.9 Å². The number of carbonyl (C=O) groups excluding carboxylic acids is 1. The number of aliphatic hydroxyl groups is 3. The number of hydrogen-bond acceptors (Lipinski definition) is 7. The van der Waals surface area contributed by atoms with E-state index in [1.807, 2.05) is 6.92 Å². The molecule has 338 valence electrons. The first-order valence-corrected chi connectivity index (χ1v) is 24.6. The zero-order valence-electron chi connectivity index (χ0n) is 38.5. The van der Waals surface area contributed by atoms with Crippen molar-refractivity contribution in [1.29, 1.82) is 0 Å². The summed E-state index contributed by atoms with van der Waals surface area (Å²) in [5.41, 5.74) is 5.14. The number of likely N-dealkylation sites (N-methyl/N-ethyl adjacent to an activating group) is 1. The van der Waals surface area contributed by atoms with E-state index in [1.165, 1.54) is 22.3 Å². The van der Waals surface area contributed by atoms with Crippen LogP contribution in [0.2, 0.25) is 0 Å². The Morgan fingerprint density at radius 2 is 1.76 bits per heavy atom. The maximum absolute atomic E-state index is 12.6. The van der Waals surface area contributed by atoms with Crippen LogP contribution >= 0.6 is 0 Å². The molecule has 8 heteroatoms. The molecule has 4 N–H and O–H groups in total. The van der Waals surface area contributed by atoms with Crippen LogP contribution in [0.5, 0.6) is 0 Å². The Morgan fingerprint density at radius 3 is 2.50 bits per heavy atom. The molecule has 8 aliphatic rings. The van der Waals surface area contributed by atoms with Gasteiger partial charge >= 0.3 is 5.97 Å². The standard InChI is InChI=1S/C54H75NO7/c1-7-22-54(61)24-21-43-40-15-11-34-27-37(56)14-16-39(34)49(40)41(31-52(43,54)4)33-9-12-36(13-10-33)55(6)25-26-62-38-20-23-51(3)35(28-38)29-46(57)50-44-18-17-42(32(2)8-19-48(59)60)53(44,5)47(58)30-45(50)51/h9-13,32,35,38,40-47,50,57-58,61H,8,14-21,23-31H2,1-6H3,(H,59,60)/t32-,35+,38+,40?,41-,42?,43?,44+,45+,46-,47+,50+,51+,52+,53-,54+/m1/s1. The highest BCUT2D eigenvalue weighted by molar-refractivity contribution is 5.84. The van der Waals surface area contributed by atoms with Gasteiger partial charge in [-0.05, 0) is 177 Å². The molecule has 3 unspecified atom stereocenters. The molecule has 0 aromatic heterocycles. The van der Waals surface area contributed by atoms with Gasteiger partial charge in [0.2, 0.25) is 0 Å². The molecule has 0 aliphatic heterocycles. The minimum atomic E-state index is -0.991. The Kier molecular flexibility index (Phi) is 11.8. The molecular formula is C54H75NO7. The van der Waals surface area contributed by atoms with Gasteiger partial charge in [-0.25, -0.2) is 0 Å². The van der Waals surface area contributed by atoms with Crippen molar-refractivity contribution in [3.63, 3.8) is 0 Å². The highest BCUT2D eigenvalue weighted by atomic mass is 16.5. The summed E-state index contributed by atoms with van der Waals surface area (Å²) in [4.78, 5) is 26.2. The lowest BCUT2D eigenvalue weighted by atomic mass is 9.43. The van der Waals surface area contributed by atoms with Gasteiger partial charge in [-0.3, -0.25) is 9.59 Å². The van der Waals surface area contributed by atoms with Crippen LogP contribution in [-0.4, -0.2) is 76.3 Å². The van der Waals surface area contributed by atoms with E-state index < -0.39 is 17.7 Å². The van der Waals surface area contributed by atoms with Crippen LogP contribution < -0.4 is 4.90 Å². The molecule has 0 amide bonds. The number of Topliss-reactive ketones (excluding diaryl/α,β-unsaturated/α-hetero) is 1. The van der Waals surface area contributed by atoms with E-state index in [-0.39, 0.29) is 70.4 Å². The number of nitrogens with zero attached hydrogens (tertiary/aromatic N) is 1. The Morgan fingerprint density at radius 1 is 0.984 bits per heavy atom. The number of anilines is 1. The number of fused-ring (bicyclic) bond motifs is 9. The van der Waals surface area contributed by atoms with E-state index in [0.29, 0.717) is 49.4 Å². The van der Waals surface area contributed by atoms with Crippen LogP contribution in [0.15, 0.2) is 47.1 Å². The number of ketones is 1. The molecule has 8 nitrogen and oxygen atoms in total. The summed E-state index contributed by atoms with van der Waals surface area (Å²) in [5, 5.41) is 45.4. The average Bonchev–Trinajstić information content (AvgIpc) is 3.73. The minimum absolute atomic E-state index is 0.0643. The SMILES string of the molecule is CC#C[C@]1(O)CCC2C3CC=C4CC(=O)CCC4=C3[C@@H](c3ccc(N(C)CCO[C@H]4CC[C@@]5(C)[C@@H](C4)C[C@@H](O)[C@@H]4[C@@H]5C[C@H](O)[C@]5(C)C([C@H](C)CCC(=O)O)CC[C@@H]45)cc3)C[C@@]21C. The second kappa shape index (κ2) is 16.5. The molecule has 1 aromatic carbocycles. The van der Waals surface area contributed by atoms with Crippen LogP contribution in [0.25, 0.3) is 0 Å². The number of rotatable bonds is 10. The van der Waals surface area contributed by atoms with Gasteiger partial charge in [0.05, 0.1) is 24.9 Å². The predicted octanol–water partition coefficient (Wildman–Crippen LogP) is 9.26. The van der Waals surface area contributed by atoms with Crippen molar-refractivity contribution >= 4 is 17.4 Å². The molecule has 7 fully saturated rings. The third-order valence-electron chi connectivity index (χ3n) is 20.0. The molecule has 9 rings (SSSR count). The van der Waals surface area contributed by atoms with E-state index in [9.17, 15) is 30.0 Å². The number of benzene rings is 1. The van der Waals surface area contributed by atoms with Gasteiger partial charge in [-0.15, -0.1) is 5.92 Å². The minimum Gasteiger partial charge on any atom is -0.481 e. The maximum atomic E-state index is 12.6. The number of hydrogen-bond donors (Lipinski definition) is 4. The van der Waals surface area contributed by atoms with E-state index in [0.717, 1.165) is 89.3 Å². The molecule has 8 aliphatic carbocycles. The van der Waals surface area contributed by atoms with E-state index in [4.69, 9.17) is 4.74 Å². The fourth-order valence-corrected chi connectivity index (χ4v) is 16.6. The van der Waals surface area contributed by atoms with Crippen molar-refractivity contribution in [3.8, 4) is 11.8 Å². The summed E-state index contributed by atoms with van der Waals surface area (Å²) in [6.45, 7) is 12.4. The van der Waals surface area contributed by atoms with Crippen LogP contribution in [0.1, 0.15) is 149 Å². The zero-order valence-corrected chi connectivity index (χ0v) is 38.5. The third kappa shape index (κ3) is 7.08. The number of carboxylic acids is 1. The Hall–Kier alpha value is -2.96. The second-order valence-corrected chi connectivity index (χ2v) is 22.6. The van der Waals surface area contributed by atoms with E-state index in [2.05, 4.69) is 81.8 Å². The summed E-state index contributed by atoms with van der Waals surface area (Å²) in [6, 6.07) is 9.10. The fraction of sp³-hybridized carbons (Fsp3) is 0.741. The number of ether oxygens (including phenoxy) is 1. The average molecular weight is 850 g/mol. The summed E-state index contributed by atoms with van der Waals surface area (Å²) >= 11 is 0. The smallest absolute Gasteiger partial charge is 0.303 e. The third-order valence-corrected chi connectivity index (χ3v) is 20.0. The fourth-order valence-electron chi connectivity index (χ4n) is 16.6. The van der Waals surface area contributed by atoms with Crippen molar-refractivity contribution < 1.29 is 34.8 Å². The molecule has 1 aromatic rings. The van der Waals surface area contributed by atoms with Gasteiger partial charge in [0.25, 0.3) is 0 Å². The number of carbonyl (C=O) groups is 2. The molecule has 0 radical (unpaired) electrons. The molecular weight excluding hydrogens is 775 g/mol. The van der Waals surface area contributed by atoms with Crippen molar-refractivity contribution in [2.45, 2.75) is 167 Å². The van der Waals surface area contributed by atoms with Gasteiger partial charge in [-0.1, -0.05) is 57.4 Å². The quantitative estimate of drug-likeness (QED) is 0.172. The normalized spacial score (nSPS) is 43.7. The van der Waals surface area contributed by atoms with Gasteiger partial charge in [0.1, 0.15) is 11.4 Å². The van der Waals surface area contributed by atoms with Crippen LogP contribution in [0, 0.1) is 75.4 Å². The number of carboxylic acid groups (broad SMARTS) is 1. The lowest BCUT2D eigenvalue weighted by Crippen LogP contribution is -2.62. The van der Waals surface area contributed by atoms with Crippen molar-refractivity contribution in [2.75, 3.05) is 25.1 Å². The summed E-state index contributed by atoms with van der Waals surface area (Å²) in [6.07, 6.45) is 14.6. The number of allylic oxidation sites excluding steroid dienone is 4.